The van der Waals surface area contributed by atoms with Crippen LogP contribution in [0.2, 0.25) is 0 Å². The van der Waals surface area contributed by atoms with Gasteiger partial charge in [-0.3, -0.25) is 14.6 Å². The van der Waals surface area contributed by atoms with Gasteiger partial charge < -0.3 is 10.3 Å². The van der Waals surface area contributed by atoms with Gasteiger partial charge in [-0.05, 0) is 74.0 Å². The molecule has 2 saturated heterocycles. The summed E-state index contributed by atoms with van der Waals surface area (Å²) in [5.41, 5.74) is 2.33. The fourth-order valence-electron chi connectivity index (χ4n) is 6.66. The van der Waals surface area contributed by atoms with Crippen LogP contribution in [0, 0.1) is 11.7 Å². The van der Waals surface area contributed by atoms with E-state index in [1.165, 1.54) is 28.0 Å². The molecule has 3 amide bonds. The lowest BCUT2D eigenvalue weighted by Crippen LogP contribution is -2.57. The van der Waals surface area contributed by atoms with Crippen molar-refractivity contribution in [3.05, 3.63) is 71.7 Å². The number of H-pyrrole nitrogens is 1. The van der Waals surface area contributed by atoms with Gasteiger partial charge in [-0.25, -0.2) is 9.18 Å². The van der Waals surface area contributed by atoms with E-state index in [-0.39, 0.29) is 29.7 Å². The van der Waals surface area contributed by atoms with Crippen molar-refractivity contribution in [1.29, 1.82) is 0 Å². The van der Waals surface area contributed by atoms with Crippen LogP contribution in [0.5, 0.6) is 0 Å². The van der Waals surface area contributed by atoms with Crippen LogP contribution in [0.15, 0.2) is 54.7 Å². The van der Waals surface area contributed by atoms with E-state index in [1.807, 2.05) is 6.07 Å². The maximum absolute atomic E-state index is 14.0. The molecule has 1 aliphatic carbocycles. The summed E-state index contributed by atoms with van der Waals surface area (Å²) in [4.78, 5) is 34.5. The van der Waals surface area contributed by atoms with Crippen molar-refractivity contribution in [1.82, 2.24) is 20.1 Å². The summed E-state index contributed by atoms with van der Waals surface area (Å²) >= 11 is 0. The minimum atomic E-state index is -0.968. The van der Waals surface area contributed by atoms with Gasteiger partial charge in [0.1, 0.15) is 11.4 Å². The van der Waals surface area contributed by atoms with Crippen molar-refractivity contribution in [2.45, 2.75) is 63.1 Å². The van der Waals surface area contributed by atoms with Gasteiger partial charge in [0.05, 0.1) is 0 Å². The van der Waals surface area contributed by atoms with Crippen LogP contribution in [-0.4, -0.2) is 51.4 Å². The SMILES string of the molecule is O=C1NC(Cc2ccc(F)cc2)(C2CCN(Cc3c[nH]c4ccccc34)CC2)C(=O)N1C1CCCC1. The molecule has 2 aliphatic heterocycles. The molecule has 36 heavy (non-hydrogen) atoms. The number of nitrogens with zero attached hydrogens (tertiary/aromatic N) is 2. The highest BCUT2D eigenvalue weighted by molar-refractivity contribution is 6.07. The number of hydrogen-bond acceptors (Lipinski definition) is 3. The van der Waals surface area contributed by atoms with Crippen molar-refractivity contribution >= 4 is 22.8 Å². The first-order valence-electron chi connectivity index (χ1n) is 13.2. The normalized spacial score (nSPS) is 24.2. The van der Waals surface area contributed by atoms with E-state index in [2.05, 4.69) is 39.6 Å². The Balaban J connectivity index is 1.23. The van der Waals surface area contributed by atoms with Crippen LogP contribution >= 0.6 is 0 Å². The molecule has 6 nitrogen and oxygen atoms in total. The highest BCUT2D eigenvalue weighted by Crippen LogP contribution is 2.39. The molecular formula is C29H33FN4O2. The second-order valence-electron chi connectivity index (χ2n) is 10.7. The molecule has 2 aromatic carbocycles. The van der Waals surface area contributed by atoms with Crippen molar-refractivity contribution in [2.24, 2.45) is 5.92 Å². The van der Waals surface area contributed by atoms with Gasteiger partial charge in [-0.15, -0.1) is 0 Å². The van der Waals surface area contributed by atoms with Crippen LogP contribution in [-0.2, 0) is 17.8 Å². The zero-order valence-electron chi connectivity index (χ0n) is 20.5. The first-order valence-corrected chi connectivity index (χ1v) is 13.2. The number of urea groups is 1. The molecule has 3 aromatic rings. The van der Waals surface area contributed by atoms with Crippen LogP contribution in [0.3, 0.4) is 0 Å². The second-order valence-corrected chi connectivity index (χ2v) is 10.7. The van der Waals surface area contributed by atoms with Gasteiger partial charge in [0.15, 0.2) is 0 Å². The Morgan fingerprint density at radius 3 is 2.42 bits per heavy atom. The highest BCUT2D eigenvalue weighted by atomic mass is 19.1. The Kier molecular flexibility index (Phi) is 6.04. The molecule has 1 atom stereocenters. The molecule has 3 aliphatic rings. The zero-order valence-corrected chi connectivity index (χ0v) is 20.5. The molecule has 0 bridgehead atoms. The summed E-state index contributed by atoms with van der Waals surface area (Å²) in [6.07, 6.45) is 8.02. The van der Waals surface area contributed by atoms with Crippen LogP contribution in [0.1, 0.15) is 49.7 Å². The third-order valence-electron chi connectivity index (χ3n) is 8.59. The molecule has 3 heterocycles. The van der Waals surface area contributed by atoms with Gasteiger partial charge in [0.2, 0.25) is 0 Å². The minimum absolute atomic E-state index is 0.00504. The van der Waals surface area contributed by atoms with E-state index >= 15 is 0 Å². The number of rotatable bonds is 6. The molecule has 1 aromatic heterocycles. The Morgan fingerprint density at radius 2 is 1.67 bits per heavy atom. The maximum Gasteiger partial charge on any atom is 0.325 e. The highest BCUT2D eigenvalue weighted by Gasteiger charge is 2.57. The molecule has 0 spiro atoms. The number of nitrogens with one attached hydrogen (secondary N) is 2. The number of likely N-dealkylation sites (tertiary alicyclic amines) is 1. The fraction of sp³-hybridized carbons (Fsp3) is 0.448. The number of piperidine rings is 1. The van der Waals surface area contributed by atoms with E-state index in [0.29, 0.717) is 6.42 Å². The number of carbonyl (C=O) groups excluding carboxylic acids is 2. The predicted octanol–water partition coefficient (Wildman–Crippen LogP) is 4.99. The Labute approximate surface area is 210 Å². The number of carbonyl (C=O) groups is 2. The van der Waals surface area contributed by atoms with E-state index in [1.54, 1.807) is 12.1 Å². The van der Waals surface area contributed by atoms with Gasteiger partial charge in [0, 0.05) is 36.1 Å². The quantitative estimate of drug-likeness (QED) is 0.480. The van der Waals surface area contributed by atoms with E-state index < -0.39 is 5.54 Å². The topological polar surface area (TPSA) is 68.4 Å². The van der Waals surface area contributed by atoms with Crippen LogP contribution in [0.4, 0.5) is 9.18 Å². The number of halogens is 1. The molecular weight excluding hydrogens is 455 g/mol. The lowest BCUT2D eigenvalue weighted by molar-refractivity contribution is -0.135. The number of para-hydroxylation sites is 1. The molecule has 3 fully saturated rings. The Morgan fingerprint density at radius 1 is 0.944 bits per heavy atom. The average Bonchev–Trinajstić information content (AvgIpc) is 3.61. The number of imide groups is 1. The predicted molar refractivity (Wildman–Crippen MR) is 137 cm³/mol. The summed E-state index contributed by atoms with van der Waals surface area (Å²) in [6.45, 7) is 2.58. The average molecular weight is 489 g/mol. The summed E-state index contributed by atoms with van der Waals surface area (Å²) < 4.78 is 13.6. The van der Waals surface area contributed by atoms with E-state index in [0.717, 1.165) is 69.2 Å². The fourth-order valence-corrected chi connectivity index (χ4v) is 6.66. The summed E-state index contributed by atoms with van der Waals surface area (Å²) in [7, 11) is 0. The van der Waals surface area contributed by atoms with Crippen molar-refractivity contribution < 1.29 is 14.0 Å². The molecule has 7 heteroatoms. The van der Waals surface area contributed by atoms with E-state index in [9.17, 15) is 14.0 Å². The molecule has 2 N–H and O–H groups in total. The first kappa shape index (κ1) is 23.2. The lowest BCUT2D eigenvalue weighted by atomic mass is 9.73. The van der Waals surface area contributed by atoms with Crippen LogP contribution in [0.25, 0.3) is 10.9 Å². The Bertz CT molecular complexity index is 1260. The second kappa shape index (κ2) is 9.36. The summed E-state index contributed by atoms with van der Waals surface area (Å²) in [5, 5.41) is 4.43. The van der Waals surface area contributed by atoms with Gasteiger partial charge >= 0.3 is 6.03 Å². The largest absolute Gasteiger partial charge is 0.361 e. The number of aromatic nitrogens is 1. The summed E-state index contributed by atoms with van der Waals surface area (Å²) in [6, 6.07) is 14.4. The number of fused-ring (bicyclic) bond motifs is 1. The monoisotopic (exact) mass is 488 g/mol. The Hall–Kier alpha value is -3.19. The van der Waals surface area contributed by atoms with Gasteiger partial charge in [0.25, 0.3) is 5.91 Å². The standard InChI is InChI=1S/C29H33FN4O2/c30-23-11-9-20(10-12-23)17-29(27(35)34(28(36)32-29)24-5-1-2-6-24)22-13-15-33(16-14-22)19-21-18-31-26-8-4-3-7-25(21)26/h3-4,7-12,18,22,24,31H,1-2,5-6,13-17,19H2,(H,32,36). The van der Waals surface area contributed by atoms with E-state index in [4.69, 9.17) is 0 Å². The molecule has 1 saturated carbocycles. The zero-order chi connectivity index (χ0) is 24.7. The molecule has 1 unspecified atom stereocenters. The van der Waals surface area contributed by atoms with Crippen molar-refractivity contribution in [2.75, 3.05) is 13.1 Å². The van der Waals surface area contributed by atoms with Gasteiger partial charge in [-0.2, -0.15) is 0 Å². The van der Waals surface area contributed by atoms with Gasteiger partial charge in [-0.1, -0.05) is 43.2 Å². The maximum atomic E-state index is 14.0. The number of hydrogen-bond donors (Lipinski definition) is 2. The number of aromatic amines is 1. The summed E-state index contributed by atoms with van der Waals surface area (Å²) in [5.74, 6) is -0.351. The first-order chi connectivity index (χ1) is 17.5. The molecule has 6 rings (SSSR count). The van der Waals surface area contributed by atoms with Crippen LogP contribution < -0.4 is 5.32 Å². The van der Waals surface area contributed by atoms with Crippen molar-refractivity contribution in [3.63, 3.8) is 0 Å². The number of amides is 3. The third-order valence-corrected chi connectivity index (χ3v) is 8.59. The minimum Gasteiger partial charge on any atom is -0.361 e. The molecule has 0 radical (unpaired) electrons. The van der Waals surface area contributed by atoms with Crippen molar-refractivity contribution in [3.8, 4) is 0 Å². The number of benzene rings is 2. The third kappa shape index (κ3) is 4.09. The lowest BCUT2D eigenvalue weighted by Gasteiger charge is -2.41. The smallest absolute Gasteiger partial charge is 0.325 e. The molecule has 188 valence electrons.